The molecular weight excluding hydrogens is 752 g/mol. The minimum absolute atomic E-state index is 0.296. The van der Waals surface area contributed by atoms with Gasteiger partial charge in [-0.05, 0) is 0 Å². The Hall–Kier alpha value is -6.70. The summed E-state index contributed by atoms with van der Waals surface area (Å²) in [5.74, 6) is -17.7. The highest BCUT2D eigenvalue weighted by atomic mass is 16.6. The number of rotatable bonds is 21. The van der Waals surface area contributed by atoms with E-state index in [0.29, 0.717) is 0 Å². The molecule has 54 heavy (non-hydrogen) atoms. The molecule has 0 spiro atoms. The molecule has 302 valence electrons. The van der Waals surface area contributed by atoms with Gasteiger partial charge in [-0.2, -0.15) is 0 Å². The third kappa shape index (κ3) is 35.1. The number of carbonyl (C=O) groups excluding carboxylic acids is 8. The molecule has 0 aromatic carbocycles. The standard InChI is InChI=1S/2C12H14O11.C4H6O4/c2*13-6(12(21)23-10(19)4-2-8(16)17)5-11(20)22-9(18)3-1-7(14)15;5-3(6)1-2-4(7)8/h2*6,13H,1-5H2,(H,14,15)(H,16,17);1-2H2,(H,5,6)(H,7,8). The molecule has 0 saturated carbocycles. The first-order valence-electron chi connectivity index (χ1n) is 14.5. The third-order valence-corrected chi connectivity index (χ3v) is 4.87. The first-order valence-corrected chi connectivity index (χ1v) is 14.5. The van der Waals surface area contributed by atoms with Gasteiger partial charge in [0, 0.05) is 0 Å². The van der Waals surface area contributed by atoms with Gasteiger partial charge in [0.1, 0.15) is 0 Å². The highest BCUT2D eigenvalue weighted by Gasteiger charge is 2.27. The highest BCUT2D eigenvalue weighted by molar-refractivity contribution is 5.94. The summed E-state index contributed by atoms with van der Waals surface area (Å²) in [5, 5.41) is 67.6. The van der Waals surface area contributed by atoms with Crippen LogP contribution in [0.5, 0.6) is 0 Å². The van der Waals surface area contributed by atoms with E-state index in [0.717, 1.165) is 0 Å². The van der Waals surface area contributed by atoms with Crippen LogP contribution in [0.15, 0.2) is 0 Å². The molecule has 0 amide bonds. The first-order chi connectivity index (χ1) is 24.8. The zero-order valence-corrected chi connectivity index (χ0v) is 27.6. The molecule has 8 N–H and O–H groups in total. The van der Waals surface area contributed by atoms with Crippen LogP contribution in [-0.4, -0.2) is 137 Å². The molecule has 2 unspecified atom stereocenters. The molecule has 0 rings (SSSR count). The minimum atomic E-state index is -2.09. The normalized spacial score (nSPS) is 10.8. The van der Waals surface area contributed by atoms with E-state index >= 15 is 0 Å². The van der Waals surface area contributed by atoms with Gasteiger partial charge in [-0.25, -0.2) is 9.59 Å². The number of carboxylic acids is 6. The fourth-order valence-electron chi connectivity index (χ4n) is 2.43. The number of ether oxygens (including phenoxy) is 4. The van der Waals surface area contributed by atoms with Crippen LogP contribution in [0.4, 0.5) is 0 Å². The van der Waals surface area contributed by atoms with Gasteiger partial charge in [0.05, 0.1) is 77.0 Å². The summed E-state index contributed by atoms with van der Waals surface area (Å²) in [6.45, 7) is 0. The number of hydrogen-bond acceptors (Lipinski definition) is 20. The number of aliphatic hydroxyl groups excluding tert-OH is 2. The molecule has 26 nitrogen and oxygen atoms in total. The third-order valence-electron chi connectivity index (χ3n) is 4.87. The van der Waals surface area contributed by atoms with Crippen LogP contribution >= 0.6 is 0 Å². The maximum absolute atomic E-state index is 11.2. The van der Waals surface area contributed by atoms with E-state index in [4.69, 9.17) is 30.6 Å². The van der Waals surface area contributed by atoms with Crippen LogP contribution < -0.4 is 0 Å². The number of aliphatic hydroxyl groups is 2. The average molecular weight is 787 g/mol. The van der Waals surface area contributed by atoms with Crippen molar-refractivity contribution < 1.29 is 127 Å². The summed E-state index contributed by atoms with van der Waals surface area (Å²) in [6.07, 6.45) is -11.4. The second-order valence-corrected chi connectivity index (χ2v) is 9.58. The van der Waals surface area contributed by atoms with Crippen molar-refractivity contribution in [2.24, 2.45) is 0 Å². The monoisotopic (exact) mass is 786 g/mol. The van der Waals surface area contributed by atoms with Crippen molar-refractivity contribution in [2.45, 2.75) is 89.3 Å². The quantitative estimate of drug-likeness (QED) is 0.0330. The lowest BCUT2D eigenvalue weighted by Gasteiger charge is -2.08. The molecule has 0 aliphatic rings. The molecule has 0 aliphatic heterocycles. The number of hydrogen-bond donors (Lipinski definition) is 8. The van der Waals surface area contributed by atoms with Crippen LogP contribution in [0, 0.1) is 0 Å². The summed E-state index contributed by atoms with van der Waals surface area (Å²) in [6, 6.07) is 0. The van der Waals surface area contributed by atoms with E-state index < -0.39 is 160 Å². The maximum Gasteiger partial charge on any atom is 0.343 e. The topological polar surface area (TPSA) is 438 Å². The van der Waals surface area contributed by atoms with Crippen LogP contribution in [0.2, 0.25) is 0 Å². The maximum atomic E-state index is 11.2. The Balaban J connectivity index is -0.000000801. The Morgan fingerprint density at radius 3 is 0.685 bits per heavy atom. The predicted molar refractivity (Wildman–Crippen MR) is 158 cm³/mol. The number of carbonyl (C=O) groups is 14. The average Bonchev–Trinajstić information content (AvgIpc) is 3.03. The fourth-order valence-corrected chi connectivity index (χ4v) is 2.43. The van der Waals surface area contributed by atoms with E-state index in [-0.39, 0.29) is 12.8 Å². The molecular formula is C28H34O26. The van der Waals surface area contributed by atoms with Crippen molar-refractivity contribution in [3.63, 3.8) is 0 Å². The molecule has 2 atom stereocenters. The van der Waals surface area contributed by atoms with E-state index in [2.05, 4.69) is 18.9 Å². The van der Waals surface area contributed by atoms with Crippen LogP contribution in [0.1, 0.15) is 77.0 Å². The van der Waals surface area contributed by atoms with E-state index in [1.54, 1.807) is 0 Å². The van der Waals surface area contributed by atoms with Gasteiger partial charge >= 0.3 is 83.6 Å². The van der Waals surface area contributed by atoms with Gasteiger partial charge in [0.25, 0.3) is 0 Å². The summed E-state index contributed by atoms with van der Waals surface area (Å²) in [4.78, 5) is 149. The van der Waals surface area contributed by atoms with Crippen LogP contribution in [0.25, 0.3) is 0 Å². The zero-order chi connectivity index (χ0) is 42.6. The predicted octanol–water partition coefficient (Wildman–Crippen LogP) is -2.85. The first kappa shape index (κ1) is 51.7. The van der Waals surface area contributed by atoms with Crippen molar-refractivity contribution in [1.82, 2.24) is 0 Å². The Morgan fingerprint density at radius 1 is 0.296 bits per heavy atom. The summed E-state index contributed by atoms with van der Waals surface area (Å²) in [5.41, 5.74) is 0. The molecule has 0 aromatic heterocycles. The smallest absolute Gasteiger partial charge is 0.343 e. The lowest BCUT2D eigenvalue weighted by molar-refractivity contribution is -0.172. The van der Waals surface area contributed by atoms with Crippen molar-refractivity contribution in [3.05, 3.63) is 0 Å². The largest absolute Gasteiger partial charge is 0.481 e. The molecule has 0 bridgehead atoms. The molecule has 26 heteroatoms. The summed E-state index contributed by atoms with van der Waals surface area (Å²) >= 11 is 0. The Labute approximate surface area is 300 Å². The summed E-state index contributed by atoms with van der Waals surface area (Å²) < 4.78 is 16.4. The molecule has 0 fully saturated rings. The number of aliphatic carboxylic acids is 6. The second kappa shape index (κ2) is 28.9. The van der Waals surface area contributed by atoms with Gasteiger partial charge in [-0.3, -0.25) is 57.5 Å². The van der Waals surface area contributed by atoms with Gasteiger partial charge in [0.2, 0.25) is 0 Å². The van der Waals surface area contributed by atoms with Gasteiger partial charge < -0.3 is 59.8 Å². The summed E-state index contributed by atoms with van der Waals surface area (Å²) in [7, 11) is 0. The fraction of sp³-hybridized carbons (Fsp3) is 0.500. The van der Waals surface area contributed by atoms with Crippen LogP contribution in [0.3, 0.4) is 0 Å². The number of carboxylic acid groups (broad SMARTS) is 6. The Bertz CT molecular complexity index is 1320. The minimum Gasteiger partial charge on any atom is -0.481 e. The zero-order valence-electron chi connectivity index (χ0n) is 27.6. The SMILES string of the molecule is O=C(O)CCC(=O)O.O=C(O)CCC(=O)OC(=O)CC(O)C(=O)OC(=O)CCC(=O)O.O=C(O)CCC(=O)OC(=O)CC(O)C(=O)OC(=O)CCC(=O)O. The second-order valence-electron chi connectivity index (χ2n) is 9.58. The Morgan fingerprint density at radius 2 is 0.481 bits per heavy atom. The molecule has 0 aliphatic carbocycles. The van der Waals surface area contributed by atoms with E-state index in [9.17, 15) is 77.3 Å². The van der Waals surface area contributed by atoms with Crippen LogP contribution in [-0.2, 0) is 86.1 Å². The Kier molecular flexibility index (Phi) is 27.7. The molecule has 0 saturated heterocycles. The lowest BCUT2D eigenvalue weighted by Crippen LogP contribution is -2.29. The van der Waals surface area contributed by atoms with Crippen molar-refractivity contribution in [3.8, 4) is 0 Å². The molecule has 0 heterocycles. The van der Waals surface area contributed by atoms with Crippen molar-refractivity contribution >= 4 is 83.6 Å². The van der Waals surface area contributed by atoms with Gasteiger partial charge in [-0.1, -0.05) is 0 Å². The van der Waals surface area contributed by atoms with Gasteiger partial charge in [0.15, 0.2) is 12.2 Å². The van der Waals surface area contributed by atoms with Gasteiger partial charge in [-0.15, -0.1) is 0 Å². The van der Waals surface area contributed by atoms with Crippen molar-refractivity contribution in [2.75, 3.05) is 0 Å². The molecule has 0 radical (unpaired) electrons. The lowest BCUT2D eigenvalue weighted by atomic mass is 10.2. The van der Waals surface area contributed by atoms with E-state index in [1.165, 1.54) is 0 Å². The van der Waals surface area contributed by atoms with Crippen molar-refractivity contribution in [1.29, 1.82) is 0 Å². The highest BCUT2D eigenvalue weighted by Crippen LogP contribution is 2.04. The van der Waals surface area contributed by atoms with E-state index in [1.807, 2.05) is 0 Å². The molecule has 0 aromatic rings. The number of esters is 8.